The Morgan fingerprint density at radius 1 is 1.10 bits per heavy atom. The van der Waals surface area contributed by atoms with Gasteiger partial charge in [-0.3, -0.25) is 9.69 Å². The standard InChI is InChI=1S/C24H35NO5/c1-9-29-22(27)20-18(24(6,7)8)21(26)19(25(20)23(28)30-15(4)5)17-13-11-10-12-16(17)14(2)3/h10-15,18-20H,9H2,1-8H3/t18-,19+,20+/m1/s1. The van der Waals surface area contributed by atoms with Gasteiger partial charge in [-0.05, 0) is 43.2 Å². The van der Waals surface area contributed by atoms with Crippen LogP contribution in [0.1, 0.15) is 78.5 Å². The van der Waals surface area contributed by atoms with E-state index < -0.39 is 35.5 Å². The van der Waals surface area contributed by atoms with Crippen molar-refractivity contribution < 1.29 is 23.9 Å². The first-order chi connectivity index (χ1) is 13.9. The Balaban J connectivity index is 2.73. The molecule has 6 nitrogen and oxygen atoms in total. The van der Waals surface area contributed by atoms with Crippen molar-refractivity contribution >= 4 is 17.8 Å². The average molecular weight is 418 g/mol. The number of hydrogen-bond donors (Lipinski definition) is 0. The highest BCUT2D eigenvalue weighted by Gasteiger charge is 2.59. The van der Waals surface area contributed by atoms with E-state index in [9.17, 15) is 14.4 Å². The zero-order valence-corrected chi connectivity index (χ0v) is 19.4. The quantitative estimate of drug-likeness (QED) is 0.639. The number of rotatable bonds is 5. The van der Waals surface area contributed by atoms with Gasteiger partial charge >= 0.3 is 12.1 Å². The summed E-state index contributed by atoms with van der Waals surface area (Å²) in [7, 11) is 0. The van der Waals surface area contributed by atoms with Crippen LogP contribution in [0, 0.1) is 11.3 Å². The lowest BCUT2D eigenvalue weighted by molar-refractivity contribution is -0.151. The van der Waals surface area contributed by atoms with Crippen LogP contribution in [0.2, 0.25) is 0 Å². The molecule has 0 N–H and O–H groups in total. The molecule has 1 aromatic rings. The number of likely N-dealkylation sites (tertiary alicyclic amines) is 1. The molecule has 6 heteroatoms. The second-order valence-corrected chi connectivity index (χ2v) is 9.47. The van der Waals surface area contributed by atoms with Crippen LogP contribution in [0.5, 0.6) is 0 Å². The molecule has 0 saturated carbocycles. The largest absolute Gasteiger partial charge is 0.464 e. The predicted octanol–water partition coefficient (Wildman–Crippen LogP) is 4.87. The second-order valence-electron chi connectivity index (χ2n) is 9.47. The smallest absolute Gasteiger partial charge is 0.411 e. The number of carbonyl (C=O) groups is 3. The van der Waals surface area contributed by atoms with Crippen molar-refractivity contribution in [1.82, 2.24) is 4.90 Å². The second kappa shape index (κ2) is 9.19. The van der Waals surface area contributed by atoms with Gasteiger partial charge in [0.1, 0.15) is 12.1 Å². The number of ketones is 1. The van der Waals surface area contributed by atoms with E-state index >= 15 is 0 Å². The Kier molecular flexibility index (Phi) is 7.32. The van der Waals surface area contributed by atoms with Crippen molar-refractivity contribution in [2.24, 2.45) is 11.3 Å². The van der Waals surface area contributed by atoms with E-state index in [-0.39, 0.29) is 24.4 Å². The van der Waals surface area contributed by atoms with Crippen LogP contribution in [0.25, 0.3) is 0 Å². The summed E-state index contributed by atoms with van der Waals surface area (Å²) in [6.07, 6.45) is -1.06. The van der Waals surface area contributed by atoms with Crippen LogP contribution in [-0.4, -0.2) is 41.5 Å². The Morgan fingerprint density at radius 2 is 1.70 bits per heavy atom. The molecule has 0 unspecified atom stereocenters. The predicted molar refractivity (Wildman–Crippen MR) is 115 cm³/mol. The highest BCUT2D eigenvalue weighted by molar-refractivity contribution is 6.01. The third-order valence-electron chi connectivity index (χ3n) is 5.39. The third-order valence-corrected chi connectivity index (χ3v) is 5.39. The normalized spacial score (nSPS) is 22.0. The van der Waals surface area contributed by atoms with Crippen molar-refractivity contribution in [2.45, 2.75) is 79.5 Å². The molecule has 1 fully saturated rings. The Bertz CT molecular complexity index is 793. The molecule has 0 aliphatic carbocycles. The molecule has 1 amide bonds. The summed E-state index contributed by atoms with van der Waals surface area (Å²) in [6, 6.07) is 5.66. The fourth-order valence-electron chi connectivity index (χ4n) is 4.23. The van der Waals surface area contributed by atoms with Crippen LogP contribution >= 0.6 is 0 Å². The molecule has 0 aromatic heterocycles. The number of esters is 1. The van der Waals surface area contributed by atoms with E-state index in [0.717, 1.165) is 11.1 Å². The minimum absolute atomic E-state index is 0.145. The topological polar surface area (TPSA) is 72.9 Å². The van der Waals surface area contributed by atoms with E-state index in [2.05, 4.69) is 0 Å². The van der Waals surface area contributed by atoms with Gasteiger partial charge < -0.3 is 9.47 Å². The summed E-state index contributed by atoms with van der Waals surface area (Å²) < 4.78 is 10.8. The summed E-state index contributed by atoms with van der Waals surface area (Å²) >= 11 is 0. The Labute approximate surface area is 179 Å². The van der Waals surface area contributed by atoms with Gasteiger partial charge in [-0.25, -0.2) is 9.59 Å². The lowest BCUT2D eigenvalue weighted by atomic mass is 9.74. The van der Waals surface area contributed by atoms with Crippen LogP contribution < -0.4 is 0 Å². The minimum atomic E-state index is -1.03. The molecule has 1 aliphatic rings. The first-order valence-corrected chi connectivity index (χ1v) is 10.7. The van der Waals surface area contributed by atoms with E-state index in [4.69, 9.17) is 9.47 Å². The summed E-state index contributed by atoms with van der Waals surface area (Å²) in [6.45, 7) is 15.2. The van der Waals surface area contributed by atoms with Crippen LogP contribution in [-0.2, 0) is 19.1 Å². The fourth-order valence-corrected chi connectivity index (χ4v) is 4.23. The Morgan fingerprint density at radius 3 is 2.20 bits per heavy atom. The molecule has 1 aromatic carbocycles. The number of hydrogen-bond acceptors (Lipinski definition) is 5. The maximum Gasteiger partial charge on any atom is 0.411 e. The summed E-state index contributed by atoms with van der Waals surface area (Å²) in [5.41, 5.74) is 1.15. The highest BCUT2D eigenvalue weighted by Crippen LogP contribution is 2.47. The van der Waals surface area contributed by atoms with Gasteiger partial charge in [-0.2, -0.15) is 0 Å². The number of ether oxygens (including phenoxy) is 2. The molecule has 3 atom stereocenters. The van der Waals surface area contributed by atoms with Gasteiger partial charge in [0.2, 0.25) is 0 Å². The van der Waals surface area contributed by atoms with Crippen LogP contribution in [0.15, 0.2) is 24.3 Å². The first-order valence-electron chi connectivity index (χ1n) is 10.7. The van der Waals surface area contributed by atoms with E-state index in [1.807, 2.05) is 58.9 Å². The molecule has 1 aliphatic heterocycles. The third kappa shape index (κ3) is 4.68. The number of amides is 1. The van der Waals surface area contributed by atoms with Crippen LogP contribution in [0.4, 0.5) is 4.79 Å². The zero-order chi connectivity index (χ0) is 22.8. The van der Waals surface area contributed by atoms with Crippen molar-refractivity contribution in [3.8, 4) is 0 Å². The number of carbonyl (C=O) groups excluding carboxylic acids is 3. The van der Waals surface area contributed by atoms with E-state index in [0.29, 0.717) is 0 Å². The van der Waals surface area contributed by atoms with Gasteiger partial charge in [0.15, 0.2) is 5.78 Å². The zero-order valence-electron chi connectivity index (χ0n) is 19.4. The maximum absolute atomic E-state index is 13.8. The van der Waals surface area contributed by atoms with Crippen molar-refractivity contribution in [1.29, 1.82) is 0 Å². The summed E-state index contributed by atoms with van der Waals surface area (Å²) in [5, 5.41) is 0. The molecule has 30 heavy (non-hydrogen) atoms. The highest BCUT2D eigenvalue weighted by atomic mass is 16.6. The molecule has 166 valence electrons. The van der Waals surface area contributed by atoms with Crippen LogP contribution in [0.3, 0.4) is 0 Å². The molecular weight excluding hydrogens is 382 g/mol. The van der Waals surface area contributed by atoms with Crippen molar-refractivity contribution in [3.63, 3.8) is 0 Å². The molecule has 1 heterocycles. The summed E-state index contributed by atoms with van der Waals surface area (Å²) in [4.78, 5) is 41.3. The van der Waals surface area contributed by atoms with Gasteiger partial charge in [0, 0.05) is 0 Å². The SMILES string of the molecule is CCOC(=O)[C@@H]1[C@@H](C(C)(C)C)C(=O)[C@H](c2ccccc2C(C)C)N1C(=O)OC(C)C. The number of benzene rings is 1. The van der Waals surface area contributed by atoms with Gasteiger partial charge in [-0.15, -0.1) is 0 Å². The molecule has 1 saturated heterocycles. The maximum atomic E-state index is 13.8. The number of Topliss-reactive ketones (excluding diaryl/α,β-unsaturated/α-hetero) is 1. The summed E-state index contributed by atoms with van der Waals surface area (Å²) in [5.74, 6) is -1.29. The lowest BCUT2D eigenvalue weighted by Gasteiger charge is -2.33. The Hall–Kier alpha value is -2.37. The van der Waals surface area contributed by atoms with Gasteiger partial charge in [0.05, 0.1) is 18.6 Å². The van der Waals surface area contributed by atoms with Crippen molar-refractivity contribution in [3.05, 3.63) is 35.4 Å². The number of nitrogens with zero attached hydrogens (tertiary/aromatic N) is 1. The van der Waals surface area contributed by atoms with E-state index in [1.54, 1.807) is 20.8 Å². The molecule has 0 spiro atoms. The minimum Gasteiger partial charge on any atom is -0.464 e. The molecular formula is C24H35NO5. The molecule has 0 radical (unpaired) electrons. The van der Waals surface area contributed by atoms with Gasteiger partial charge in [-0.1, -0.05) is 58.9 Å². The van der Waals surface area contributed by atoms with E-state index in [1.165, 1.54) is 4.90 Å². The molecule has 0 bridgehead atoms. The average Bonchev–Trinajstić information content (AvgIpc) is 2.94. The van der Waals surface area contributed by atoms with Gasteiger partial charge in [0.25, 0.3) is 0 Å². The lowest BCUT2D eigenvalue weighted by Crippen LogP contribution is -2.48. The molecule has 2 rings (SSSR count). The first kappa shape index (κ1) is 23.9. The fraction of sp³-hybridized carbons (Fsp3) is 0.625. The monoisotopic (exact) mass is 417 g/mol. The van der Waals surface area contributed by atoms with Crippen molar-refractivity contribution in [2.75, 3.05) is 6.61 Å².